The zero-order valence-corrected chi connectivity index (χ0v) is 27.5. The van der Waals surface area contributed by atoms with E-state index in [0.717, 1.165) is 16.0 Å². The van der Waals surface area contributed by atoms with E-state index in [2.05, 4.69) is 29.8 Å². The summed E-state index contributed by atoms with van der Waals surface area (Å²) >= 11 is 7.50. The molecule has 3 amide bonds. The highest BCUT2D eigenvalue weighted by Gasteiger charge is 2.23. The highest BCUT2D eigenvalue weighted by Crippen LogP contribution is 2.37. The van der Waals surface area contributed by atoms with Crippen LogP contribution in [0.2, 0.25) is 5.02 Å². The van der Waals surface area contributed by atoms with E-state index >= 15 is 0 Å². The van der Waals surface area contributed by atoms with Gasteiger partial charge in [0, 0.05) is 26.9 Å². The average molecular weight is 660 g/mol. The van der Waals surface area contributed by atoms with Crippen LogP contribution in [0.4, 0.5) is 11.4 Å². The number of thioether (sulfide) groups is 1. The first kappa shape index (κ1) is 33.3. The van der Waals surface area contributed by atoms with Crippen molar-refractivity contribution in [2.24, 2.45) is 0 Å². The Kier molecular flexibility index (Phi) is 11.3. The second-order valence-corrected chi connectivity index (χ2v) is 12.7. The van der Waals surface area contributed by atoms with Gasteiger partial charge in [-0.1, -0.05) is 110 Å². The highest BCUT2D eigenvalue weighted by molar-refractivity contribution is 8.00. The summed E-state index contributed by atoms with van der Waals surface area (Å²) in [4.78, 5) is 41.1. The SMILES string of the molecule is CC(C)c1ccc(/C=C(/NC(=O)c2ccccc2)C(=O)Nc2cccc(SC(C(=O)Nc3cccc(Cl)c3)c3ccccc3)c2)cc1. The van der Waals surface area contributed by atoms with E-state index in [4.69, 9.17) is 11.6 Å². The normalized spacial score (nSPS) is 11.9. The molecule has 5 rings (SSSR count). The molecule has 0 saturated carbocycles. The van der Waals surface area contributed by atoms with Crippen molar-refractivity contribution in [3.8, 4) is 0 Å². The molecule has 5 aromatic carbocycles. The van der Waals surface area contributed by atoms with Gasteiger partial charge < -0.3 is 16.0 Å². The van der Waals surface area contributed by atoms with Crippen LogP contribution in [0.5, 0.6) is 0 Å². The van der Waals surface area contributed by atoms with Crippen LogP contribution < -0.4 is 16.0 Å². The number of nitrogens with one attached hydrogen (secondary N) is 3. The van der Waals surface area contributed by atoms with Crippen molar-refractivity contribution >= 4 is 58.5 Å². The van der Waals surface area contributed by atoms with Gasteiger partial charge in [0.2, 0.25) is 5.91 Å². The van der Waals surface area contributed by atoms with Gasteiger partial charge in [-0.2, -0.15) is 0 Å². The summed E-state index contributed by atoms with van der Waals surface area (Å²) in [6.45, 7) is 4.23. The molecule has 3 N–H and O–H groups in total. The van der Waals surface area contributed by atoms with Crippen LogP contribution >= 0.6 is 23.4 Å². The fraction of sp³-hybridized carbons (Fsp3) is 0.103. The number of hydrogen-bond acceptors (Lipinski definition) is 4. The first-order valence-electron chi connectivity index (χ1n) is 15.1. The van der Waals surface area contributed by atoms with Crippen LogP contribution in [-0.4, -0.2) is 17.7 Å². The van der Waals surface area contributed by atoms with E-state index < -0.39 is 17.1 Å². The van der Waals surface area contributed by atoms with Gasteiger partial charge in [-0.25, -0.2) is 0 Å². The maximum Gasteiger partial charge on any atom is 0.272 e. The minimum absolute atomic E-state index is 0.0947. The molecule has 5 aromatic rings. The van der Waals surface area contributed by atoms with Crippen LogP contribution in [0.25, 0.3) is 6.08 Å². The molecular formula is C39H34ClN3O3S. The second kappa shape index (κ2) is 15.9. The summed E-state index contributed by atoms with van der Waals surface area (Å²) < 4.78 is 0. The van der Waals surface area contributed by atoms with E-state index in [9.17, 15) is 14.4 Å². The lowest BCUT2D eigenvalue weighted by molar-refractivity contribution is -0.116. The molecule has 1 atom stereocenters. The van der Waals surface area contributed by atoms with Gasteiger partial charge in [0.25, 0.3) is 11.8 Å². The lowest BCUT2D eigenvalue weighted by atomic mass is 10.0. The number of amides is 3. The van der Waals surface area contributed by atoms with Crippen molar-refractivity contribution < 1.29 is 14.4 Å². The molecule has 6 nitrogen and oxygen atoms in total. The van der Waals surface area contributed by atoms with E-state index in [1.54, 1.807) is 66.7 Å². The molecule has 236 valence electrons. The molecule has 0 aliphatic carbocycles. The lowest BCUT2D eigenvalue weighted by Crippen LogP contribution is -2.30. The molecule has 0 saturated heterocycles. The third kappa shape index (κ3) is 9.45. The van der Waals surface area contributed by atoms with Crippen molar-refractivity contribution in [2.45, 2.75) is 29.9 Å². The standard InChI is InChI=1S/C39H34ClN3O3S/c1-26(2)28-21-19-27(20-22-28)23-35(43-37(44)30-13-7-4-8-14-30)38(45)41-33-17-10-18-34(25-33)47-36(29-11-5-3-6-12-29)39(46)42-32-16-9-15-31(40)24-32/h3-26,36H,1-2H3,(H,41,45)(H,42,46)(H,43,44)/b35-23+. The first-order valence-corrected chi connectivity index (χ1v) is 16.4. The third-order valence-corrected chi connectivity index (χ3v) is 8.70. The Balaban J connectivity index is 1.38. The van der Waals surface area contributed by atoms with Crippen LogP contribution in [0.3, 0.4) is 0 Å². The molecule has 0 aliphatic rings. The van der Waals surface area contributed by atoms with Gasteiger partial charge in [0.05, 0.1) is 0 Å². The summed E-state index contributed by atoms with van der Waals surface area (Å²) in [6, 6.07) is 40.4. The molecule has 1 unspecified atom stereocenters. The summed E-state index contributed by atoms with van der Waals surface area (Å²) in [7, 11) is 0. The first-order chi connectivity index (χ1) is 22.7. The minimum atomic E-state index is -0.587. The number of anilines is 2. The fourth-order valence-corrected chi connectivity index (χ4v) is 6.02. The molecule has 0 fully saturated rings. The average Bonchev–Trinajstić information content (AvgIpc) is 3.08. The Morgan fingerprint density at radius 2 is 1.32 bits per heavy atom. The predicted octanol–water partition coefficient (Wildman–Crippen LogP) is 9.35. The van der Waals surface area contributed by atoms with E-state index in [0.29, 0.717) is 27.9 Å². The number of benzene rings is 5. The summed E-state index contributed by atoms with van der Waals surface area (Å²) in [6.07, 6.45) is 1.66. The molecule has 0 aromatic heterocycles. The largest absolute Gasteiger partial charge is 0.325 e. The van der Waals surface area contributed by atoms with E-state index in [-0.39, 0.29) is 11.6 Å². The van der Waals surface area contributed by atoms with Gasteiger partial charge in [0.1, 0.15) is 10.9 Å². The fourth-order valence-electron chi connectivity index (χ4n) is 4.74. The Labute approximate surface area is 284 Å². The molecule has 0 bridgehead atoms. The van der Waals surface area contributed by atoms with E-state index in [1.807, 2.05) is 72.8 Å². The van der Waals surface area contributed by atoms with Crippen molar-refractivity contribution in [2.75, 3.05) is 10.6 Å². The molecule has 0 aliphatic heterocycles. The molecule has 47 heavy (non-hydrogen) atoms. The third-order valence-electron chi connectivity index (χ3n) is 7.22. The highest BCUT2D eigenvalue weighted by atomic mass is 35.5. The number of hydrogen-bond donors (Lipinski definition) is 3. The zero-order chi connectivity index (χ0) is 33.2. The Hall–Kier alpha value is -5.11. The monoisotopic (exact) mass is 659 g/mol. The van der Waals surface area contributed by atoms with Crippen LogP contribution in [0.15, 0.2) is 144 Å². The number of halogens is 1. The Morgan fingerprint density at radius 3 is 1.98 bits per heavy atom. The lowest BCUT2D eigenvalue weighted by Gasteiger charge is -2.18. The van der Waals surface area contributed by atoms with Crippen LogP contribution in [-0.2, 0) is 9.59 Å². The Bertz CT molecular complexity index is 1880. The quantitative estimate of drug-likeness (QED) is 0.0974. The van der Waals surface area contributed by atoms with E-state index in [1.165, 1.54) is 17.3 Å². The smallest absolute Gasteiger partial charge is 0.272 e. The van der Waals surface area contributed by atoms with Gasteiger partial charge in [-0.15, -0.1) is 11.8 Å². The van der Waals surface area contributed by atoms with Crippen molar-refractivity contribution in [3.63, 3.8) is 0 Å². The molecular weight excluding hydrogens is 626 g/mol. The van der Waals surface area contributed by atoms with Crippen LogP contribution in [0.1, 0.15) is 52.1 Å². The minimum Gasteiger partial charge on any atom is -0.325 e. The summed E-state index contributed by atoms with van der Waals surface area (Å²) in [5.74, 6) is -0.729. The number of rotatable bonds is 11. The van der Waals surface area contributed by atoms with Crippen LogP contribution in [0, 0.1) is 0 Å². The number of carbonyl (C=O) groups is 3. The molecule has 0 heterocycles. The molecule has 0 spiro atoms. The topological polar surface area (TPSA) is 87.3 Å². The maximum absolute atomic E-state index is 13.7. The van der Waals surface area contributed by atoms with Crippen molar-refractivity contribution in [1.29, 1.82) is 0 Å². The molecule has 0 radical (unpaired) electrons. The second-order valence-electron chi connectivity index (χ2n) is 11.1. The van der Waals surface area contributed by atoms with Gasteiger partial charge >= 0.3 is 0 Å². The van der Waals surface area contributed by atoms with Crippen molar-refractivity contribution in [1.82, 2.24) is 5.32 Å². The zero-order valence-electron chi connectivity index (χ0n) is 25.9. The Morgan fingerprint density at radius 1 is 0.681 bits per heavy atom. The summed E-state index contributed by atoms with van der Waals surface area (Å²) in [5.41, 5.74) is 4.40. The predicted molar refractivity (Wildman–Crippen MR) is 193 cm³/mol. The van der Waals surface area contributed by atoms with Gasteiger partial charge in [-0.3, -0.25) is 14.4 Å². The van der Waals surface area contributed by atoms with Gasteiger partial charge in [0.15, 0.2) is 0 Å². The molecule has 8 heteroatoms. The number of carbonyl (C=O) groups excluding carboxylic acids is 3. The van der Waals surface area contributed by atoms with Crippen molar-refractivity contribution in [3.05, 3.63) is 166 Å². The van der Waals surface area contributed by atoms with Gasteiger partial charge in [-0.05, 0) is 77.2 Å². The maximum atomic E-state index is 13.7. The summed E-state index contributed by atoms with van der Waals surface area (Å²) in [5, 5.41) is 8.62.